The Morgan fingerprint density at radius 2 is 1.95 bits per heavy atom. The monoisotopic (exact) mass is 309 g/mol. The van der Waals surface area contributed by atoms with Crippen molar-refractivity contribution in [1.82, 2.24) is 5.32 Å². The van der Waals surface area contributed by atoms with E-state index in [-0.39, 0.29) is 5.92 Å². The van der Waals surface area contributed by atoms with E-state index < -0.39 is 12.0 Å². The molecular formula is C17H27NO4. The van der Waals surface area contributed by atoms with Crippen LogP contribution in [0.15, 0.2) is 18.2 Å². The maximum atomic E-state index is 11.2. The van der Waals surface area contributed by atoms with Crippen molar-refractivity contribution in [3.63, 3.8) is 0 Å². The van der Waals surface area contributed by atoms with Crippen molar-refractivity contribution < 1.29 is 19.4 Å². The maximum Gasteiger partial charge on any atom is 0.320 e. The van der Waals surface area contributed by atoms with Gasteiger partial charge in [-0.2, -0.15) is 0 Å². The second-order valence-electron chi connectivity index (χ2n) is 5.50. The first-order valence-corrected chi connectivity index (χ1v) is 7.84. The minimum atomic E-state index is -0.831. The fourth-order valence-electron chi connectivity index (χ4n) is 2.10. The first kappa shape index (κ1) is 18.3. The summed E-state index contributed by atoms with van der Waals surface area (Å²) in [5.74, 6) is 0.622. The lowest BCUT2D eigenvalue weighted by Crippen LogP contribution is -2.40. The highest BCUT2D eigenvalue weighted by Crippen LogP contribution is 2.28. The number of aliphatic carboxylic acids is 1. The van der Waals surface area contributed by atoms with Crippen LogP contribution in [0.1, 0.15) is 39.7 Å². The molecule has 22 heavy (non-hydrogen) atoms. The second kappa shape index (κ2) is 9.30. The van der Waals surface area contributed by atoms with Gasteiger partial charge in [0.05, 0.1) is 13.2 Å². The smallest absolute Gasteiger partial charge is 0.320 e. The van der Waals surface area contributed by atoms with E-state index in [1.165, 1.54) is 0 Å². The van der Waals surface area contributed by atoms with Crippen molar-refractivity contribution in [3.05, 3.63) is 23.8 Å². The Morgan fingerprint density at radius 1 is 1.23 bits per heavy atom. The Kier molecular flexibility index (Phi) is 7.74. The van der Waals surface area contributed by atoms with Gasteiger partial charge in [0.1, 0.15) is 6.04 Å². The van der Waals surface area contributed by atoms with Crippen LogP contribution >= 0.6 is 0 Å². The summed E-state index contributed by atoms with van der Waals surface area (Å²) in [6.07, 6.45) is 0.934. The van der Waals surface area contributed by atoms with Crippen molar-refractivity contribution in [2.45, 2.75) is 46.7 Å². The molecule has 1 aromatic rings. The molecule has 0 aliphatic rings. The first-order valence-electron chi connectivity index (χ1n) is 7.84. The summed E-state index contributed by atoms with van der Waals surface area (Å²) < 4.78 is 11.3. The molecule has 0 radical (unpaired) electrons. The zero-order valence-electron chi connectivity index (χ0n) is 13.9. The summed E-state index contributed by atoms with van der Waals surface area (Å²) in [4.78, 5) is 11.2. The zero-order chi connectivity index (χ0) is 16.5. The van der Waals surface area contributed by atoms with Gasteiger partial charge in [0.15, 0.2) is 11.5 Å². The molecule has 0 fully saturated rings. The number of nitrogens with one attached hydrogen (secondary N) is 1. The molecule has 2 N–H and O–H groups in total. The van der Waals surface area contributed by atoms with Gasteiger partial charge >= 0.3 is 5.97 Å². The highest BCUT2D eigenvalue weighted by Gasteiger charge is 2.20. The van der Waals surface area contributed by atoms with Crippen molar-refractivity contribution in [2.75, 3.05) is 13.2 Å². The summed E-state index contributed by atoms with van der Waals surface area (Å²) >= 11 is 0. The lowest BCUT2D eigenvalue weighted by Gasteiger charge is -2.18. The topological polar surface area (TPSA) is 67.8 Å². The van der Waals surface area contributed by atoms with Gasteiger partial charge in [0.2, 0.25) is 0 Å². The van der Waals surface area contributed by atoms with E-state index in [2.05, 4.69) is 12.2 Å². The Bertz CT molecular complexity index is 474. The van der Waals surface area contributed by atoms with Crippen molar-refractivity contribution in [2.24, 2.45) is 5.92 Å². The van der Waals surface area contributed by atoms with Crippen LogP contribution in [-0.2, 0) is 11.3 Å². The summed E-state index contributed by atoms with van der Waals surface area (Å²) in [5.41, 5.74) is 0.971. The van der Waals surface area contributed by atoms with Gasteiger partial charge in [0.25, 0.3) is 0 Å². The standard InChI is InChI=1S/C17H27NO4/c1-5-9-22-14-8-7-13(10-15(14)21-6-2)11-18-16(12(3)4)17(19)20/h7-8,10,12,16,18H,5-6,9,11H2,1-4H3,(H,19,20)/t16-/m1/s1. The summed E-state index contributed by atoms with van der Waals surface area (Å²) in [7, 11) is 0. The molecule has 0 bridgehead atoms. The summed E-state index contributed by atoms with van der Waals surface area (Å²) in [6, 6.07) is 5.15. The van der Waals surface area contributed by atoms with Crippen LogP contribution in [0.2, 0.25) is 0 Å². The number of carbonyl (C=O) groups is 1. The van der Waals surface area contributed by atoms with Gasteiger partial charge in [-0.1, -0.05) is 26.8 Å². The molecule has 0 saturated carbocycles. The Labute approximate surface area is 132 Å². The largest absolute Gasteiger partial charge is 0.490 e. The minimum absolute atomic E-state index is 0.0241. The molecule has 1 aromatic carbocycles. The average Bonchev–Trinajstić information content (AvgIpc) is 2.46. The molecule has 0 heterocycles. The lowest BCUT2D eigenvalue weighted by atomic mass is 10.0. The van der Waals surface area contributed by atoms with E-state index >= 15 is 0 Å². The Morgan fingerprint density at radius 3 is 2.50 bits per heavy atom. The average molecular weight is 309 g/mol. The van der Waals surface area contributed by atoms with Crippen LogP contribution in [-0.4, -0.2) is 30.3 Å². The number of rotatable bonds is 10. The molecule has 5 heteroatoms. The normalized spacial score (nSPS) is 12.2. The van der Waals surface area contributed by atoms with Gasteiger partial charge in [-0.05, 0) is 37.0 Å². The van der Waals surface area contributed by atoms with Gasteiger partial charge in [-0.3, -0.25) is 4.79 Å². The van der Waals surface area contributed by atoms with Crippen LogP contribution in [0.3, 0.4) is 0 Å². The number of hydrogen-bond acceptors (Lipinski definition) is 4. The number of carboxylic acid groups (broad SMARTS) is 1. The highest BCUT2D eigenvalue weighted by atomic mass is 16.5. The van der Waals surface area contributed by atoms with E-state index in [4.69, 9.17) is 9.47 Å². The van der Waals surface area contributed by atoms with Crippen LogP contribution < -0.4 is 14.8 Å². The predicted molar refractivity (Wildman–Crippen MR) is 86.5 cm³/mol. The molecule has 0 aliphatic carbocycles. The van der Waals surface area contributed by atoms with Crippen LogP contribution in [0.4, 0.5) is 0 Å². The number of benzene rings is 1. The quantitative estimate of drug-likeness (QED) is 0.695. The predicted octanol–water partition coefficient (Wildman–Crippen LogP) is 3.07. The molecule has 0 spiro atoms. The Hall–Kier alpha value is -1.75. The van der Waals surface area contributed by atoms with Gasteiger partial charge in [0, 0.05) is 6.54 Å². The molecule has 124 valence electrons. The van der Waals surface area contributed by atoms with Crippen molar-refractivity contribution in [1.29, 1.82) is 0 Å². The highest BCUT2D eigenvalue weighted by molar-refractivity contribution is 5.73. The fraction of sp³-hybridized carbons (Fsp3) is 0.588. The lowest BCUT2D eigenvalue weighted by molar-refractivity contribution is -0.140. The van der Waals surface area contributed by atoms with Crippen LogP contribution in [0.5, 0.6) is 11.5 Å². The van der Waals surface area contributed by atoms with E-state index in [0.717, 1.165) is 17.7 Å². The third kappa shape index (κ3) is 5.56. The van der Waals surface area contributed by atoms with Crippen LogP contribution in [0, 0.1) is 5.92 Å². The summed E-state index contributed by atoms with van der Waals surface area (Å²) in [6.45, 7) is 9.43. The summed E-state index contributed by atoms with van der Waals surface area (Å²) in [5, 5.41) is 12.3. The minimum Gasteiger partial charge on any atom is -0.490 e. The van der Waals surface area contributed by atoms with Crippen LogP contribution in [0.25, 0.3) is 0 Å². The maximum absolute atomic E-state index is 11.2. The molecule has 1 rings (SSSR count). The molecule has 0 aromatic heterocycles. The SMILES string of the molecule is CCCOc1ccc(CN[C@@H](C(=O)O)C(C)C)cc1OCC. The molecule has 5 nitrogen and oxygen atoms in total. The van der Waals surface area contributed by atoms with Gasteiger partial charge < -0.3 is 19.9 Å². The molecule has 0 amide bonds. The fourth-order valence-corrected chi connectivity index (χ4v) is 2.10. The van der Waals surface area contributed by atoms with E-state index in [1.54, 1.807) is 0 Å². The van der Waals surface area contributed by atoms with E-state index in [0.29, 0.717) is 25.5 Å². The molecular weight excluding hydrogens is 282 g/mol. The second-order valence-corrected chi connectivity index (χ2v) is 5.50. The Balaban J connectivity index is 2.78. The molecule has 0 aliphatic heterocycles. The van der Waals surface area contributed by atoms with E-state index in [9.17, 15) is 9.90 Å². The van der Waals surface area contributed by atoms with Crippen molar-refractivity contribution >= 4 is 5.97 Å². The van der Waals surface area contributed by atoms with Gasteiger partial charge in [-0.15, -0.1) is 0 Å². The van der Waals surface area contributed by atoms with Crippen molar-refractivity contribution in [3.8, 4) is 11.5 Å². The number of carboxylic acids is 1. The molecule has 0 unspecified atom stereocenters. The third-order valence-electron chi connectivity index (χ3n) is 3.23. The number of ether oxygens (including phenoxy) is 2. The molecule has 1 atom stereocenters. The third-order valence-corrected chi connectivity index (χ3v) is 3.23. The number of hydrogen-bond donors (Lipinski definition) is 2. The van der Waals surface area contributed by atoms with Gasteiger partial charge in [-0.25, -0.2) is 0 Å². The van der Waals surface area contributed by atoms with E-state index in [1.807, 2.05) is 39.0 Å². The first-order chi connectivity index (χ1) is 10.5. The molecule has 0 saturated heterocycles. The zero-order valence-corrected chi connectivity index (χ0v) is 13.9.